The third-order valence-electron chi connectivity index (χ3n) is 3.18. The molecule has 0 aliphatic carbocycles. The average molecular weight is 322 g/mol. The van der Waals surface area contributed by atoms with Gasteiger partial charge in [-0.05, 0) is 12.0 Å². The van der Waals surface area contributed by atoms with E-state index in [2.05, 4.69) is 10.6 Å². The second-order valence-electron chi connectivity index (χ2n) is 5.04. The van der Waals surface area contributed by atoms with Crippen molar-refractivity contribution in [3.05, 3.63) is 35.9 Å². The largest absolute Gasteiger partial charge is 0.377 e. The van der Waals surface area contributed by atoms with Crippen LogP contribution < -0.4 is 22.1 Å². The molecule has 1 aromatic rings. The molecule has 0 heterocycles. The molecule has 0 saturated heterocycles. The van der Waals surface area contributed by atoms with Crippen LogP contribution in [0, 0.1) is 5.92 Å². The Bertz CT molecular complexity index is 448. The van der Waals surface area contributed by atoms with Crippen LogP contribution in [0.3, 0.4) is 0 Å². The molecule has 0 bridgehead atoms. The third kappa shape index (κ3) is 7.73. The Balaban J connectivity index is 2.44. The van der Waals surface area contributed by atoms with Gasteiger partial charge in [-0.3, -0.25) is 9.59 Å². The summed E-state index contributed by atoms with van der Waals surface area (Å²) in [6, 6.07) is 9.71. The van der Waals surface area contributed by atoms with Crippen LogP contribution in [-0.2, 0) is 20.9 Å². The van der Waals surface area contributed by atoms with Crippen molar-refractivity contribution in [1.29, 1.82) is 0 Å². The standard InChI is InChI=1S/C16H26N4O3/c17-7-9-19-15(21)14(16(22)20-10-8-18)6-11-23-12-13-4-2-1-3-5-13/h1-5,14H,6-12,17-18H2,(H,19,21)(H,20,22). The number of hydrogen-bond donors (Lipinski definition) is 4. The number of carbonyl (C=O) groups is 2. The fourth-order valence-corrected chi connectivity index (χ4v) is 1.98. The fourth-order valence-electron chi connectivity index (χ4n) is 1.98. The molecule has 128 valence electrons. The summed E-state index contributed by atoms with van der Waals surface area (Å²) in [5.41, 5.74) is 11.8. The van der Waals surface area contributed by atoms with E-state index in [0.29, 0.717) is 45.8 Å². The summed E-state index contributed by atoms with van der Waals surface area (Å²) >= 11 is 0. The van der Waals surface area contributed by atoms with Gasteiger partial charge in [-0.1, -0.05) is 30.3 Å². The summed E-state index contributed by atoms with van der Waals surface area (Å²) in [5, 5.41) is 5.27. The molecule has 0 radical (unpaired) electrons. The lowest BCUT2D eigenvalue weighted by Gasteiger charge is -2.16. The molecule has 6 N–H and O–H groups in total. The van der Waals surface area contributed by atoms with Gasteiger partial charge in [0.15, 0.2) is 0 Å². The minimum atomic E-state index is -0.802. The number of nitrogens with one attached hydrogen (secondary N) is 2. The highest BCUT2D eigenvalue weighted by atomic mass is 16.5. The molecule has 7 nitrogen and oxygen atoms in total. The van der Waals surface area contributed by atoms with E-state index in [4.69, 9.17) is 16.2 Å². The van der Waals surface area contributed by atoms with E-state index in [-0.39, 0.29) is 11.8 Å². The predicted octanol–water partition coefficient (Wildman–Crippen LogP) is -0.641. The Morgan fingerprint density at radius 1 is 1.00 bits per heavy atom. The van der Waals surface area contributed by atoms with Crippen molar-refractivity contribution >= 4 is 11.8 Å². The van der Waals surface area contributed by atoms with Gasteiger partial charge in [-0.2, -0.15) is 0 Å². The Labute approximate surface area is 136 Å². The van der Waals surface area contributed by atoms with Crippen LogP contribution in [-0.4, -0.2) is 44.6 Å². The zero-order chi connectivity index (χ0) is 16.9. The lowest BCUT2D eigenvalue weighted by molar-refractivity contribution is -0.136. The Hall–Kier alpha value is -1.96. The summed E-state index contributed by atoms with van der Waals surface area (Å²) < 4.78 is 5.55. The van der Waals surface area contributed by atoms with Crippen LogP contribution in [0.2, 0.25) is 0 Å². The minimum Gasteiger partial charge on any atom is -0.377 e. The molecule has 23 heavy (non-hydrogen) atoms. The van der Waals surface area contributed by atoms with E-state index in [0.717, 1.165) is 5.56 Å². The highest BCUT2D eigenvalue weighted by Crippen LogP contribution is 2.07. The van der Waals surface area contributed by atoms with E-state index in [1.807, 2.05) is 30.3 Å². The average Bonchev–Trinajstić information content (AvgIpc) is 2.58. The molecule has 2 amide bonds. The Kier molecular flexibility index (Phi) is 9.62. The van der Waals surface area contributed by atoms with Gasteiger partial charge >= 0.3 is 0 Å². The Morgan fingerprint density at radius 2 is 1.57 bits per heavy atom. The number of ether oxygens (including phenoxy) is 1. The normalized spacial score (nSPS) is 10.6. The summed E-state index contributed by atoms with van der Waals surface area (Å²) in [6.45, 7) is 2.09. The van der Waals surface area contributed by atoms with E-state index in [9.17, 15) is 9.59 Å². The quantitative estimate of drug-likeness (QED) is 0.319. The highest BCUT2D eigenvalue weighted by molar-refractivity contribution is 6.00. The van der Waals surface area contributed by atoms with Crippen LogP contribution >= 0.6 is 0 Å². The van der Waals surface area contributed by atoms with Gasteiger partial charge < -0.3 is 26.8 Å². The second kappa shape index (κ2) is 11.6. The topological polar surface area (TPSA) is 119 Å². The molecule has 0 spiro atoms. The minimum absolute atomic E-state index is 0.305. The van der Waals surface area contributed by atoms with Crippen LogP contribution in [0.25, 0.3) is 0 Å². The van der Waals surface area contributed by atoms with Gasteiger partial charge in [0.2, 0.25) is 11.8 Å². The zero-order valence-electron chi connectivity index (χ0n) is 13.3. The van der Waals surface area contributed by atoms with Crippen LogP contribution in [0.5, 0.6) is 0 Å². The van der Waals surface area contributed by atoms with Crippen LogP contribution in [0.1, 0.15) is 12.0 Å². The molecular weight excluding hydrogens is 296 g/mol. The molecule has 1 rings (SSSR count). The number of hydrogen-bond acceptors (Lipinski definition) is 5. The van der Waals surface area contributed by atoms with Gasteiger partial charge in [0.1, 0.15) is 5.92 Å². The highest BCUT2D eigenvalue weighted by Gasteiger charge is 2.25. The van der Waals surface area contributed by atoms with Crippen molar-refractivity contribution in [2.24, 2.45) is 17.4 Å². The molecule has 0 atom stereocenters. The van der Waals surface area contributed by atoms with Gasteiger partial charge in [0, 0.05) is 32.8 Å². The third-order valence-corrected chi connectivity index (χ3v) is 3.18. The van der Waals surface area contributed by atoms with Gasteiger partial charge in [-0.15, -0.1) is 0 Å². The van der Waals surface area contributed by atoms with Gasteiger partial charge in [-0.25, -0.2) is 0 Å². The summed E-state index contributed by atoms with van der Waals surface area (Å²) in [6.07, 6.45) is 0.305. The molecule has 7 heteroatoms. The van der Waals surface area contributed by atoms with Crippen molar-refractivity contribution in [2.45, 2.75) is 13.0 Å². The number of rotatable bonds is 11. The number of carbonyl (C=O) groups excluding carboxylic acids is 2. The number of benzene rings is 1. The molecule has 0 aliphatic rings. The van der Waals surface area contributed by atoms with Crippen molar-refractivity contribution in [3.8, 4) is 0 Å². The SMILES string of the molecule is NCCNC(=O)C(CCOCc1ccccc1)C(=O)NCCN. The van der Waals surface area contributed by atoms with Crippen LogP contribution in [0.4, 0.5) is 0 Å². The summed E-state index contributed by atoms with van der Waals surface area (Å²) in [4.78, 5) is 24.1. The zero-order valence-corrected chi connectivity index (χ0v) is 13.3. The maximum atomic E-state index is 12.1. The monoisotopic (exact) mass is 322 g/mol. The number of amides is 2. The summed E-state index contributed by atoms with van der Waals surface area (Å²) in [5.74, 6) is -1.48. The lowest BCUT2D eigenvalue weighted by Crippen LogP contribution is -2.44. The number of nitrogens with two attached hydrogens (primary N) is 2. The second-order valence-corrected chi connectivity index (χ2v) is 5.04. The van der Waals surface area contributed by atoms with E-state index in [1.165, 1.54) is 0 Å². The first-order valence-corrected chi connectivity index (χ1v) is 7.76. The molecule has 0 fully saturated rings. The van der Waals surface area contributed by atoms with Crippen molar-refractivity contribution in [2.75, 3.05) is 32.8 Å². The molecular formula is C16H26N4O3. The van der Waals surface area contributed by atoms with Crippen LogP contribution in [0.15, 0.2) is 30.3 Å². The lowest BCUT2D eigenvalue weighted by atomic mass is 10.0. The first kappa shape index (κ1) is 19.1. The molecule has 0 unspecified atom stereocenters. The van der Waals surface area contributed by atoms with Crippen molar-refractivity contribution in [3.63, 3.8) is 0 Å². The fraction of sp³-hybridized carbons (Fsp3) is 0.500. The maximum Gasteiger partial charge on any atom is 0.232 e. The molecule has 0 aromatic heterocycles. The smallest absolute Gasteiger partial charge is 0.232 e. The van der Waals surface area contributed by atoms with Crippen molar-refractivity contribution in [1.82, 2.24) is 10.6 Å². The van der Waals surface area contributed by atoms with E-state index >= 15 is 0 Å². The van der Waals surface area contributed by atoms with Gasteiger partial charge in [0.25, 0.3) is 0 Å². The van der Waals surface area contributed by atoms with E-state index in [1.54, 1.807) is 0 Å². The van der Waals surface area contributed by atoms with E-state index < -0.39 is 5.92 Å². The predicted molar refractivity (Wildman–Crippen MR) is 88.3 cm³/mol. The summed E-state index contributed by atoms with van der Waals surface area (Å²) in [7, 11) is 0. The first-order chi connectivity index (χ1) is 11.2. The molecule has 0 saturated carbocycles. The van der Waals surface area contributed by atoms with Crippen molar-refractivity contribution < 1.29 is 14.3 Å². The first-order valence-electron chi connectivity index (χ1n) is 7.76. The Morgan fingerprint density at radius 3 is 2.09 bits per heavy atom. The maximum absolute atomic E-state index is 12.1. The molecule has 0 aliphatic heterocycles. The van der Waals surface area contributed by atoms with Gasteiger partial charge in [0.05, 0.1) is 6.61 Å². The molecule has 1 aromatic carbocycles.